The first-order valence-corrected chi connectivity index (χ1v) is 9.49. The second-order valence-corrected chi connectivity index (χ2v) is 7.45. The van der Waals surface area contributed by atoms with E-state index in [9.17, 15) is 4.79 Å². The fourth-order valence-corrected chi connectivity index (χ4v) is 3.48. The molecule has 0 atom stereocenters. The summed E-state index contributed by atoms with van der Waals surface area (Å²) in [7, 11) is 5.89. The number of nitrogens with zero attached hydrogens (tertiary/aromatic N) is 4. The minimum Gasteiger partial charge on any atom is -0.377 e. The molecular weight excluding hydrogens is 356 g/mol. The van der Waals surface area contributed by atoms with E-state index in [4.69, 9.17) is 0 Å². The van der Waals surface area contributed by atoms with Crippen LogP contribution < -0.4 is 4.90 Å². The molecule has 0 unspecified atom stereocenters. The van der Waals surface area contributed by atoms with Crippen molar-refractivity contribution >= 4 is 45.6 Å². The molecule has 0 spiro atoms. The molecule has 2 aromatic heterocycles. The number of aliphatic imine (C=N–C) groups is 1. The molecule has 27 heavy (non-hydrogen) atoms. The van der Waals surface area contributed by atoms with Crippen molar-refractivity contribution in [2.45, 2.75) is 20.8 Å². The summed E-state index contributed by atoms with van der Waals surface area (Å²) in [6.45, 7) is 6.07. The maximum atomic E-state index is 11.6. The Balaban J connectivity index is 2.42. The highest BCUT2D eigenvalue weighted by molar-refractivity contribution is 7.21. The van der Waals surface area contributed by atoms with Gasteiger partial charge in [0.15, 0.2) is 6.29 Å². The lowest BCUT2D eigenvalue weighted by Crippen LogP contribution is -2.13. The molecule has 2 heterocycles. The minimum atomic E-state index is 0.585. The molecule has 5 nitrogen and oxygen atoms in total. The topological polar surface area (TPSA) is 48.8 Å². The molecule has 0 radical (unpaired) electrons. The van der Waals surface area contributed by atoms with Crippen LogP contribution in [-0.2, 0) is 0 Å². The number of hydrogen-bond donors (Lipinski definition) is 0. The first-order chi connectivity index (χ1) is 12.9. The summed E-state index contributed by atoms with van der Waals surface area (Å²) >= 11 is 1.37. The average molecular weight is 383 g/mol. The van der Waals surface area contributed by atoms with E-state index in [1.165, 1.54) is 11.3 Å². The van der Waals surface area contributed by atoms with Crippen LogP contribution in [-0.4, -0.2) is 43.7 Å². The Morgan fingerprint density at radius 2 is 2.00 bits per heavy atom. The van der Waals surface area contributed by atoms with Gasteiger partial charge in [-0.15, -0.1) is 11.3 Å². The predicted octanol–water partition coefficient (Wildman–Crippen LogP) is 5.19. The van der Waals surface area contributed by atoms with Gasteiger partial charge in [-0.2, -0.15) is 0 Å². The largest absolute Gasteiger partial charge is 0.377 e. The number of rotatable bonds is 7. The van der Waals surface area contributed by atoms with Gasteiger partial charge in [-0.1, -0.05) is 18.2 Å². The Morgan fingerprint density at radius 1 is 1.26 bits per heavy atom. The van der Waals surface area contributed by atoms with Crippen LogP contribution >= 0.6 is 11.3 Å². The van der Waals surface area contributed by atoms with Gasteiger partial charge < -0.3 is 9.80 Å². The summed E-state index contributed by atoms with van der Waals surface area (Å²) in [5, 5.41) is 0.907. The van der Waals surface area contributed by atoms with Crippen LogP contribution in [0.25, 0.3) is 10.2 Å². The molecule has 0 aliphatic carbocycles. The van der Waals surface area contributed by atoms with Crippen LogP contribution in [0.2, 0.25) is 0 Å². The first kappa shape index (κ1) is 20.6. The first-order valence-electron chi connectivity index (χ1n) is 8.68. The number of carbonyl (C=O) groups is 1. The molecular formula is C21H26N4OS. The lowest BCUT2D eigenvalue weighted by atomic mass is 10.2. The van der Waals surface area contributed by atoms with E-state index in [2.05, 4.69) is 29.1 Å². The van der Waals surface area contributed by atoms with E-state index in [1.54, 1.807) is 12.5 Å². The SMILES string of the molecule is C\C=C/C=C(C)\C=C(/C)N(C)C=Nc1c(C=O)sc2nccc(N(C)C)c12. The number of carbonyl (C=O) groups excluding carboxylic acids is 1. The standard InChI is InChI=1S/C21H26N4OS/c1-7-8-9-15(2)12-16(3)25(6)14-23-20-18(13-26)27-21-19(20)17(24(4)5)10-11-22-21/h7-14H,1-6H3/b8-7-,15-9-,16-12+,23-14?. The van der Waals surface area contributed by atoms with Crippen molar-refractivity contribution in [3.8, 4) is 0 Å². The van der Waals surface area contributed by atoms with Gasteiger partial charge in [0.1, 0.15) is 4.83 Å². The number of aromatic nitrogens is 1. The Morgan fingerprint density at radius 3 is 2.63 bits per heavy atom. The van der Waals surface area contributed by atoms with Gasteiger partial charge in [0.25, 0.3) is 0 Å². The molecule has 0 aliphatic heterocycles. The number of aldehydes is 1. The number of anilines is 1. The molecule has 0 aromatic carbocycles. The van der Waals surface area contributed by atoms with E-state index in [1.807, 2.05) is 63.0 Å². The van der Waals surface area contributed by atoms with Crippen LogP contribution in [0.15, 0.2) is 52.8 Å². The van der Waals surface area contributed by atoms with E-state index < -0.39 is 0 Å². The predicted molar refractivity (Wildman–Crippen MR) is 118 cm³/mol. The van der Waals surface area contributed by atoms with Crippen molar-refractivity contribution in [3.05, 3.63) is 52.7 Å². The molecule has 2 rings (SSSR count). The maximum Gasteiger partial charge on any atom is 0.162 e. The number of hydrogen-bond acceptors (Lipinski definition) is 5. The smallest absolute Gasteiger partial charge is 0.162 e. The Kier molecular flexibility index (Phi) is 7.07. The molecule has 0 fully saturated rings. The summed E-state index contributed by atoms with van der Waals surface area (Å²) in [4.78, 5) is 26.0. The minimum absolute atomic E-state index is 0.585. The highest BCUT2D eigenvalue weighted by Gasteiger charge is 2.16. The monoisotopic (exact) mass is 382 g/mol. The molecule has 6 heteroatoms. The lowest BCUT2D eigenvalue weighted by Gasteiger charge is -2.15. The quantitative estimate of drug-likeness (QED) is 0.286. The highest BCUT2D eigenvalue weighted by Crippen LogP contribution is 2.40. The zero-order valence-corrected chi connectivity index (χ0v) is 17.5. The molecule has 0 amide bonds. The van der Waals surface area contributed by atoms with E-state index in [-0.39, 0.29) is 0 Å². The van der Waals surface area contributed by atoms with E-state index >= 15 is 0 Å². The van der Waals surface area contributed by atoms with Crippen molar-refractivity contribution in [2.24, 2.45) is 4.99 Å². The fraction of sp³-hybridized carbons (Fsp3) is 0.286. The molecule has 0 aliphatic rings. The van der Waals surface area contributed by atoms with E-state index in [0.717, 1.165) is 33.5 Å². The molecule has 142 valence electrons. The van der Waals surface area contributed by atoms with Crippen molar-refractivity contribution in [2.75, 3.05) is 26.0 Å². The van der Waals surface area contributed by atoms with Gasteiger partial charge >= 0.3 is 0 Å². The van der Waals surface area contributed by atoms with Crippen LogP contribution in [0.1, 0.15) is 30.4 Å². The number of thiophene rings is 1. The van der Waals surface area contributed by atoms with Gasteiger partial charge in [-0.3, -0.25) is 4.79 Å². The van der Waals surface area contributed by atoms with Gasteiger partial charge in [-0.25, -0.2) is 9.98 Å². The van der Waals surface area contributed by atoms with Crippen molar-refractivity contribution in [1.82, 2.24) is 9.88 Å². The Bertz CT molecular complexity index is 935. The average Bonchev–Trinajstić information content (AvgIpc) is 3.01. The normalized spacial score (nSPS) is 13.1. The van der Waals surface area contributed by atoms with Gasteiger partial charge in [0.2, 0.25) is 0 Å². The third kappa shape index (κ3) is 4.92. The number of fused-ring (bicyclic) bond motifs is 1. The molecule has 0 saturated carbocycles. The molecule has 0 saturated heterocycles. The molecule has 0 N–H and O–H groups in total. The third-order valence-corrected chi connectivity index (χ3v) is 5.08. The van der Waals surface area contributed by atoms with Crippen LogP contribution in [0, 0.1) is 0 Å². The van der Waals surface area contributed by atoms with Crippen molar-refractivity contribution in [1.29, 1.82) is 0 Å². The third-order valence-electron chi connectivity index (χ3n) is 4.06. The number of pyridine rings is 1. The van der Waals surface area contributed by atoms with Crippen molar-refractivity contribution in [3.63, 3.8) is 0 Å². The summed E-state index contributed by atoms with van der Waals surface area (Å²) in [5.74, 6) is 0. The second kappa shape index (κ2) is 9.28. The van der Waals surface area contributed by atoms with Gasteiger partial charge in [-0.05, 0) is 38.5 Å². The lowest BCUT2D eigenvalue weighted by molar-refractivity contribution is 0.112. The van der Waals surface area contributed by atoms with Crippen molar-refractivity contribution < 1.29 is 4.79 Å². The molecule has 2 aromatic rings. The zero-order valence-electron chi connectivity index (χ0n) is 16.7. The zero-order chi connectivity index (χ0) is 20.0. The Hall–Kier alpha value is -2.73. The molecule has 0 bridgehead atoms. The summed E-state index contributed by atoms with van der Waals surface area (Å²) in [6.07, 6.45) is 12.5. The summed E-state index contributed by atoms with van der Waals surface area (Å²) in [5.41, 5.74) is 3.87. The Labute approximate surface area is 165 Å². The van der Waals surface area contributed by atoms with Crippen LogP contribution in [0.3, 0.4) is 0 Å². The van der Waals surface area contributed by atoms with Crippen LogP contribution in [0.5, 0.6) is 0 Å². The van der Waals surface area contributed by atoms with E-state index in [0.29, 0.717) is 10.6 Å². The van der Waals surface area contributed by atoms with Crippen LogP contribution in [0.4, 0.5) is 11.4 Å². The summed E-state index contributed by atoms with van der Waals surface area (Å²) < 4.78 is 0. The summed E-state index contributed by atoms with van der Waals surface area (Å²) in [6, 6.07) is 1.94. The highest BCUT2D eigenvalue weighted by atomic mass is 32.1. The fourth-order valence-electron chi connectivity index (χ4n) is 2.55. The second-order valence-electron chi connectivity index (χ2n) is 6.42. The maximum absolute atomic E-state index is 11.6. The van der Waals surface area contributed by atoms with Gasteiger partial charge in [0.05, 0.1) is 28.0 Å². The van der Waals surface area contributed by atoms with Gasteiger partial charge in [0, 0.05) is 33.0 Å². The number of allylic oxidation sites excluding steroid dienone is 6.